The van der Waals surface area contributed by atoms with Gasteiger partial charge in [-0.05, 0) is 30.0 Å². The molecule has 1 aromatic heterocycles. The Hall–Kier alpha value is -1.33. The number of ketones is 1. The number of hydrogen-bond donors (Lipinski definition) is 0. The topological polar surface area (TPSA) is 34.1 Å². The number of carbonyl (C=O) groups is 1. The van der Waals surface area contributed by atoms with Crippen molar-refractivity contribution < 1.29 is 13.4 Å². The third kappa shape index (κ3) is 3.81. The third-order valence-electron chi connectivity index (χ3n) is 2.61. The second-order valence-electron chi connectivity index (χ2n) is 3.98. The molecule has 1 aromatic carbocycles. The minimum Gasteiger partial charge on any atom is -0.293 e. The van der Waals surface area contributed by atoms with Crippen LogP contribution >= 0.6 is 11.3 Å². The molecule has 1 unspecified atom stereocenters. The molecule has 19 heavy (non-hydrogen) atoms. The Morgan fingerprint density at radius 1 is 1.21 bits per heavy atom. The maximum atomic E-state index is 13.4. The first-order chi connectivity index (χ1) is 9.18. The maximum absolute atomic E-state index is 13.4. The molecule has 0 radical (unpaired) electrons. The number of carbonyl (C=O) groups excluding carboxylic acids is 1. The van der Waals surface area contributed by atoms with E-state index in [1.54, 1.807) is 18.2 Å². The maximum Gasteiger partial charge on any atom is 0.172 e. The molecule has 0 saturated heterocycles. The van der Waals surface area contributed by atoms with Gasteiger partial charge in [0.15, 0.2) is 5.78 Å². The van der Waals surface area contributed by atoms with Crippen LogP contribution < -0.4 is 0 Å². The molecular weight excluding hydrogens is 283 g/mol. The molecule has 0 bridgehead atoms. The van der Waals surface area contributed by atoms with E-state index < -0.39 is 16.6 Å². The first kappa shape index (κ1) is 14.1. The van der Waals surface area contributed by atoms with E-state index in [0.29, 0.717) is 18.6 Å². The summed E-state index contributed by atoms with van der Waals surface area (Å²) in [6, 6.07) is 9.65. The van der Waals surface area contributed by atoms with Crippen molar-refractivity contribution in [3.8, 4) is 0 Å². The SMILES string of the molecule is O=C(CCCS(=O)c1ccccc1F)c1cccs1. The largest absolute Gasteiger partial charge is 0.293 e. The molecule has 1 atom stereocenters. The molecule has 1 heterocycles. The minimum absolute atomic E-state index is 0.0560. The van der Waals surface area contributed by atoms with Gasteiger partial charge in [-0.1, -0.05) is 18.2 Å². The van der Waals surface area contributed by atoms with Gasteiger partial charge in [-0.3, -0.25) is 9.00 Å². The zero-order valence-corrected chi connectivity index (χ0v) is 11.8. The Balaban J connectivity index is 1.85. The predicted octanol–water partition coefficient (Wildman–Crippen LogP) is 3.66. The summed E-state index contributed by atoms with van der Waals surface area (Å²) in [6.07, 6.45) is 0.846. The molecular formula is C14H13FO2S2. The standard InChI is InChI=1S/C14H13FO2S2/c15-11-5-1-2-8-14(11)19(17)10-4-6-12(16)13-7-3-9-18-13/h1-3,5,7-9H,4,6,10H2. The summed E-state index contributed by atoms with van der Waals surface area (Å²) < 4.78 is 25.3. The van der Waals surface area contributed by atoms with Crippen molar-refractivity contribution in [2.24, 2.45) is 0 Å². The first-order valence-electron chi connectivity index (χ1n) is 5.88. The number of Topliss-reactive ketones (excluding diaryl/α,β-unsaturated/α-hetero) is 1. The van der Waals surface area contributed by atoms with E-state index in [1.165, 1.54) is 23.5 Å². The van der Waals surface area contributed by atoms with Gasteiger partial charge in [0.25, 0.3) is 0 Å². The summed E-state index contributed by atoms with van der Waals surface area (Å²) >= 11 is 1.40. The lowest BCUT2D eigenvalue weighted by atomic mass is 10.2. The number of rotatable bonds is 6. The van der Waals surface area contributed by atoms with E-state index in [0.717, 1.165) is 4.88 Å². The minimum atomic E-state index is -1.38. The Morgan fingerprint density at radius 3 is 2.68 bits per heavy atom. The number of hydrogen-bond acceptors (Lipinski definition) is 3. The van der Waals surface area contributed by atoms with Gasteiger partial charge >= 0.3 is 0 Å². The van der Waals surface area contributed by atoms with Crippen LogP contribution in [0, 0.1) is 5.82 Å². The second kappa shape index (κ2) is 6.73. The molecule has 0 saturated carbocycles. The zero-order valence-electron chi connectivity index (χ0n) is 10.2. The lowest BCUT2D eigenvalue weighted by molar-refractivity contribution is 0.0986. The van der Waals surface area contributed by atoms with E-state index >= 15 is 0 Å². The summed E-state index contributed by atoms with van der Waals surface area (Å²) in [7, 11) is -1.38. The van der Waals surface area contributed by atoms with Gasteiger partial charge in [0, 0.05) is 12.2 Å². The summed E-state index contributed by atoms with van der Waals surface area (Å²) in [5.41, 5.74) is 0. The average Bonchev–Trinajstić information content (AvgIpc) is 2.93. The average molecular weight is 296 g/mol. The Kier molecular flexibility index (Phi) is 4.99. The molecule has 2 rings (SSSR count). The van der Waals surface area contributed by atoms with Gasteiger partial charge in [0.05, 0.1) is 20.6 Å². The zero-order chi connectivity index (χ0) is 13.7. The van der Waals surface area contributed by atoms with Gasteiger partial charge in [-0.25, -0.2) is 4.39 Å². The summed E-state index contributed by atoms with van der Waals surface area (Å²) in [5.74, 6) is -0.0936. The van der Waals surface area contributed by atoms with Gasteiger partial charge in [0.1, 0.15) is 5.82 Å². The third-order valence-corrected chi connectivity index (χ3v) is 5.00. The molecule has 0 aliphatic rings. The lowest BCUT2D eigenvalue weighted by Crippen LogP contribution is -2.04. The number of thiophene rings is 1. The highest BCUT2D eigenvalue weighted by atomic mass is 32.2. The molecule has 2 aromatic rings. The van der Waals surface area contributed by atoms with E-state index in [9.17, 15) is 13.4 Å². The second-order valence-corrected chi connectivity index (χ2v) is 6.47. The fraction of sp³-hybridized carbons (Fsp3) is 0.214. The van der Waals surface area contributed by atoms with Crippen molar-refractivity contribution in [2.75, 3.05) is 5.75 Å². The summed E-state index contributed by atoms with van der Waals surface area (Å²) in [4.78, 5) is 12.7. The van der Waals surface area contributed by atoms with Gasteiger partial charge < -0.3 is 0 Å². The normalized spacial score (nSPS) is 12.3. The highest BCUT2D eigenvalue weighted by Crippen LogP contribution is 2.15. The Labute approximate surface area is 117 Å². The van der Waals surface area contributed by atoms with E-state index in [1.807, 2.05) is 11.4 Å². The smallest absolute Gasteiger partial charge is 0.172 e. The van der Waals surface area contributed by atoms with Crippen LogP contribution in [0.4, 0.5) is 4.39 Å². The van der Waals surface area contributed by atoms with Crippen LogP contribution in [-0.4, -0.2) is 15.7 Å². The molecule has 5 heteroatoms. The van der Waals surface area contributed by atoms with Crippen molar-refractivity contribution in [1.29, 1.82) is 0 Å². The molecule has 0 amide bonds. The first-order valence-corrected chi connectivity index (χ1v) is 8.08. The van der Waals surface area contributed by atoms with Crippen molar-refractivity contribution >= 4 is 27.9 Å². The van der Waals surface area contributed by atoms with Crippen LogP contribution in [0.2, 0.25) is 0 Å². The number of benzene rings is 1. The molecule has 0 N–H and O–H groups in total. The van der Waals surface area contributed by atoms with Crippen LogP contribution in [0.3, 0.4) is 0 Å². The van der Waals surface area contributed by atoms with E-state index in [2.05, 4.69) is 0 Å². The Bertz CT molecular complexity index is 579. The van der Waals surface area contributed by atoms with Crippen molar-refractivity contribution in [2.45, 2.75) is 17.7 Å². The molecule has 0 aliphatic heterocycles. The highest BCUT2D eigenvalue weighted by molar-refractivity contribution is 7.85. The lowest BCUT2D eigenvalue weighted by Gasteiger charge is -2.03. The molecule has 0 aliphatic carbocycles. The van der Waals surface area contributed by atoms with Crippen molar-refractivity contribution in [1.82, 2.24) is 0 Å². The van der Waals surface area contributed by atoms with Crippen LogP contribution in [0.1, 0.15) is 22.5 Å². The Morgan fingerprint density at radius 2 is 2.00 bits per heavy atom. The van der Waals surface area contributed by atoms with Crippen molar-refractivity contribution in [3.63, 3.8) is 0 Å². The fourth-order valence-corrected chi connectivity index (χ4v) is 3.50. The molecule has 0 fully saturated rings. The highest BCUT2D eigenvalue weighted by Gasteiger charge is 2.11. The van der Waals surface area contributed by atoms with E-state index in [-0.39, 0.29) is 10.7 Å². The molecule has 0 spiro atoms. The van der Waals surface area contributed by atoms with Gasteiger partial charge in [0.2, 0.25) is 0 Å². The van der Waals surface area contributed by atoms with Crippen LogP contribution in [0.5, 0.6) is 0 Å². The van der Waals surface area contributed by atoms with Crippen LogP contribution in [0.25, 0.3) is 0 Å². The summed E-state index contributed by atoms with van der Waals surface area (Å²) in [5, 5.41) is 1.85. The molecule has 2 nitrogen and oxygen atoms in total. The van der Waals surface area contributed by atoms with Crippen molar-refractivity contribution in [3.05, 3.63) is 52.5 Å². The molecule has 100 valence electrons. The summed E-state index contributed by atoms with van der Waals surface area (Å²) in [6.45, 7) is 0. The van der Waals surface area contributed by atoms with Gasteiger partial charge in [-0.15, -0.1) is 11.3 Å². The van der Waals surface area contributed by atoms with Crippen LogP contribution in [-0.2, 0) is 10.8 Å². The predicted molar refractivity (Wildman–Crippen MR) is 75.6 cm³/mol. The quantitative estimate of drug-likeness (QED) is 0.762. The fourth-order valence-electron chi connectivity index (χ4n) is 1.66. The van der Waals surface area contributed by atoms with Gasteiger partial charge in [-0.2, -0.15) is 0 Å². The van der Waals surface area contributed by atoms with E-state index in [4.69, 9.17) is 0 Å². The monoisotopic (exact) mass is 296 g/mol. The number of halogens is 1. The van der Waals surface area contributed by atoms with Crippen LogP contribution in [0.15, 0.2) is 46.7 Å².